The number of nitrogens with zero attached hydrogens (tertiary/aromatic N) is 1. The monoisotopic (exact) mass is 324 g/mol. The van der Waals surface area contributed by atoms with Crippen LogP contribution >= 0.6 is 0 Å². The molecule has 23 heavy (non-hydrogen) atoms. The van der Waals surface area contributed by atoms with E-state index in [9.17, 15) is 19.2 Å². The Hall–Kier alpha value is -2.64. The molecule has 1 N–H and O–H groups in total. The van der Waals surface area contributed by atoms with E-state index in [4.69, 9.17) is 9.47 Å². The molecule has 0 spiro atoms. The number of aromatic amines is 1. The number of ether oxygens (including phenoxy) is 2. The van der Waals surface area contributed by atoms with Crippen LogP contribution in [0, 0.1) is 6.92 Å². The molecule has 8 heteroatoms. The van der Waals surface area contributed by atoms with E-state index in [-0.39, 0.29) is 26.2 Å². The van der Waals surface area contributed by atoms with Gasteiger partial charge in [0.15, 0.2) is 0 Å². The minimum atomic E-state index is -0.558. The van der Waals surface area contributed by atoms with E-state index in [1.165, 1.54) is 10.8 Å². The summed E-state index contributed by atoms with van der Waals surface area (Å²) in [5.41, 5.74) is -0.601. The molecule has 0 aromatic carbocycles. The number of nitrogens with one attached hydrogen (secondary N) is 1. The van der Waals surface area contributed by atoms with Crippen molar-refractivity contribution in [1.29, 1.82) is 0 Å². The van der Waals surface area contributed by atoms with E-state index in [0.717, 1.165) is 6.08 Å². The van der Waals surface area contributed by atoms with Crippen LogP contribution in [-0.2, 0) is 25.6 Å². The summed E-state index contributed by atoms with van der Waals surface area (Å²) in [6.07, 6.45) is 3.65. The first-order chi connectivity index (χ1) is 10.9. The molecule has 126 valence electrons. The lowest BCUT2D eigenvalue weighted by Crippen LogP contribution is -2.31. The lowest BCUT2D eigenvalue weighted by molar-refractivity contribution is -0.144. The van der Waals surface area contributed by atoms with E-state index in [2.05, 4.69) is 11.6 Å². The topological polar surface area (TPSA) is 107 Å². The Morgan fingerprint density at radius 1 is 1.26 bits per heavy atom. The smallest absolute Gasteiger partial charge is 0.330 e. The van der Waals surface area contributed by atoms with E-state index < -0.39 is 23.2 Å². The first-order valence-electron chi connectivity index (χ1n) is 7.19. The third-order valence-electron chi connectivity index (χ3n) is 2.96. The Balaban J connectivity index is 2.24. The summed E-state index contributed by atoms with van der Waals surface area (Å²) in [5, 5.41) is 0. The maximum atomic E-state index is 11.6. The van der Waals surface area contributed by atoms with Gasteiger partial charge in [-0.15, -0.1) is 0 Å². The molecule has 0 radical (unpaired) electrons. The standard InChI is InChI=1S/C15H20N2O6/c1-3-12(18)22-8-4-5-9-23-13(19)6-7-17-10-11(2)14(20)16-15(17)21/h3,10H,1,4-9H2,2H3,(H,16,20,21). The summed E-state index contributed by atoms with van der Waals surface area (Å²) in [6, 6.07) is 0. The van der Waals surface area contributed by atoms with Crippen molar-refractivity contribution in [3.63, 3.8) is 0 Å². The fourth-order valence-electron chi connectivity index (χ4n) is 1.69. The highest BCUT2D eigenvalue weighted by atomic mass is 16.5. The summed E-state index contributed by atoms with van der Waals surface area (Å²) in [5.74, 6) is -0.924. The van der Waals surface area contributed by atoms with Crippen LogP contribution in [0.15, 0.2) is 28.4 Å². The van der Waals surface area contributed by atoms with Gasteiger partial charge in [0.1, 0.15) is 0 Å². The van der Waals surface area contributed by atoms with Crippen LogP contribution in [0.1, 0.15) is 24.8 Å². The maximum absolute atomic E-state index is 11.6. The van der Waals surface area contributed by atoms with Crippen molar-refractivity contribution in [3.05, 3.63) is 45.3 Å². The molecule has 1 rings (SSSR count). The van der Waals surface area contributed by atoms with Crippen LogP contribution in [0.4, 0.5) is 0 Å². The SMILES string of the molecule is C=CC(=O)OCCCCOC(=O)CCn1cc(C)c(=O)[nH]c1=O. The lowest BCUT2D eigenvalue weighted by Gasteiger charge is -2.07. The number of carbonyl (C=O) groups excluding carboxylic acids is 2. The fraction of sp³-hybridized carbons (Fsp3) is 0.467. The predicted octanol–water partition coefficient (Wildman–Crippen LogP) is 0.288. The zero-order valence-electron chi connectivity index (χ0n) is 13.0. The van der Waals surface area contributed by atoms with Gasteiger partial charge in [-0.25, -0.2) is 9.59 Å². The number of unbranched alkanes of at least 4 members (excludes halogenated alkanes) is 1. The van der Waals surface area contributed by atoms with E-state index in [1.807, 2.05) is 0 Å². The number of aromatic nitrogens is 2. The molecule has 0 atom stereocenters. The van der Waals surface area contributed by atoms with Crippen LogP contribution in [0.5, 0.6) is 0 Å². The highest BCUT2D eigenvalue weighted by molar-refractivity contribution is 5.81. The zero-order valence-corrected chi connectivity index (χ0v) is 13.0. The first-order valence-corrected chi connectivity index (χ1v) is 7.19. The Morgan fingerprint density at radius 2 is 1.91 bits per heavy atom. The van der Waals surface area contributed by atoms with Gasteiger partial charge in [-0.3, -0.25) is 19.1 Å². The molecule has 0 saturated heterocycles. The zero-order chi connectivity index (χ0) is 17.2. The summed E-state index contributed by atoms with van der Waals surface area (Å²) in [4.78, 5) is 47.2. The minimum Gasteiger partial charge on any atom is -0.466 e. The van der Waals surface area contributed by atoms with Crippen LogP contribution < -0.4 is 11.2 Å². The van der Waals surface area contributed by atoms with Crippen LogP contribution in [0.2, 0.25) is 0 Å². The first kappa shape index (κ1) is 18.4. The molecule has 0 bridgehead atoms. The average Bonchev–Trinajstić information content (AvgIpc) is 2.52. The van der Waals surface area contributed by atoms with Crippen molar-refractivity contribution < 1.29 is 19.1 Å². The number of carbonyl (C=O) groups is 2. The molecular weight excluding hydrogens is 304 g/mol. The Labute approximate surface area is 132 Å². The van der Waals surface area contributed by atoms with Gasteiger partial charge in [-0.05, 0) is 19.8 Å². The predicted molar refractivity (Wildman–Crippen MR) is 82.0 cm³/mol. The number of rotatable bonds is 9. The number of aryl methyl sites for hydroxylation is 2. The van der Waals surface area contributed by atoms with Crippen LogP contribution in [0.3, 0.4) is 0 Å². The highest BCUT2D eigenvalue weighted by Crippen LogP contribution is 1.96. The van der Waals surface area contributed by atoms with Gasteiger partial charge in [0.25, 0.3) is 5.56 Å². The maximum Gasteiger partial charge on any atom is 0.330 e. The molecule has 1 heterocycles. The highest BCUT2D eigenvalue weighted by Gasteiger charge is 2.06. The summed E-state index contributed by atoms with van der Waals surface area (Å²) < 4.78 is 11.0. The third kappa shape index (κ3) is 6.77. The van der Waals surface area contributed by atoms with Crippen LogP contribution in [0.25, 0.3) is 0 Å². The van der Waals surface area contributed by atoms with Gasteiger partial charge in [-0.2, -0.15) is 0 Å². The molecule has 0 aliphatic carbocycles. The Kier molecular flexibility index (Phi) is 7.52. The van der Waals surface area contributed by atoms with Crippen molar-refractivity contribution in [1.82, 2.24) is 9.55 Å². The Morgan fingerprint density at radius 3 is 2.57 bits per heavy atom. The van der Waals surface area contributed by atoms with Gasteiger partial charge in [0.05, 0.1) is 19.6 Å². The summed E-state index contributed by atoms with van der Waals surface area (Å²) in [7, 11) is 0. The Bertz CT molecular complexity index is 673. The second-order valence-corrected chi connectivity index (χ2v) is 4.81. The van der Waals surface area contributed by atoms with Gasteiger partial charge in [-0.1, -0.05) is 6.58 Å². The normalized spacial score (nSPS) is 10.1. The molecule has 1 aromatic heterocycles. The van der Waals surface area contributed by atoms with Crippen molar-refractivity contribution in [2.24, 2.45) is 0 Å². The van der Waals surface area contributed by atoms with Gasteiger partial charge in [0.2, 0.25) is 0 Å². The van der Waals surface area contributed by atoms with Crippen molar-refractivity contribution in [3.8, 4) is 0 Å². The third-order valence-corrected chi connectivity index (χ3v) is 2.96. The number of H-pyrrole nitrogens is 1. The van der Waals surface area contributed by atoms with Crippen LogP contribution in [-0.4, -0.2) is 34.7 Å². The van der Waals surface area contributed by atoms with Crippen molar-refractivity contribution >= 4 is 11.9 Å². The molecule has 0 aliphatic rings. The number of hydrogen-bond acceptors (Lipinski definition) is 6. The second kappa shape index (κ2) is 9.39. The van der Waals surface area contributed by atoms with Crippen molar-refractivity contribution in [2.45, 2.75) is 32.7 Å². The van der Waals surface area contributed by atoms with E-state index in [1.54, 1.807) is 6.92 Å². The van der Waals surface area contributed by atoms with Crippen molar-refractivity contribution in [2.75, 3.05) is 13.2 Å². The number of esters is 2. The van der Waals surface area contributed by atoms with Gasteiger partial charge >= 0.3 is 17.6 Å². The summed E-state index contributed by atoms with van der Waals surface area (Å²) in [6.45, 7) is 5.44. The summed E-state index contributed by atoms with van der Waals surface area (Å²) >= 11 is 0. The van der Waals surface area contributed by atoms with Gasteiger partial charge < -0.3 is 9.47 Å². The molecule has 0 amide bonds. The van der Waals surface area contributed by atoms with E-state index in [0.29, 0.717) is 18.4 Å². The van der Waals surface area contributed by atoms with E-state index >= 15 is 0 Å². The van der Waals surface area contributed by atoms with Gasteiger partial charge in [0, 0.05) is 24.4 Å². The average molecular weight is 324 g/mol. The molecule has 0 aliphatic heterocycles. The molecule has 8 nitrogen and oxygen atoms in total. The quantitative estimate of drug-likeness (QED) is 0.397. The molecule has 1 aromatic rings. The second-order valence-electron chi connectivity index (χ2n) is 4.81. The largest absolute Gasteiger partial charge is 0.466 e. The number of hydrogen-bond donors (Lipinski definition) is 1. The lowest BCUT2D eigenvalue weighted by atomic mass is 10.3. The molecule has 0 saturated carbocycles. The molecular formula is C15H20N2O6. The molecule has 0 fully saturated rings. The molecule has 0 unspecified atom stereocenters. The fourth-order valence-corrected chi connectivity index (χ4v) is 1.69. The minimum absolute atomic E-state index is 0.0246.